The predicted octanol–water partition coefficient (Wildman–Crippen LogP) is 4.30. The van der Waals surface area contributed by atoms with Crippen LogP contribution in [0.1, 0.15) is 61.6 Å². The first-order valence-electron chi connectivity index (χ1n) is 8.66. The van der Waals surface area contributed by atoms with Crippen molar-refractivity contribution in [3.05, 3.63) is 35.5 Å². The number of carboxylic acids is 1. The van der Waals surface area contributed by atoms with Gasteiger partial charge in [-0.25, -0.2) is 4.79 Å². The monoisotopic (exact) mass is 314 g/mol. The van der Waals surface area contributed by atoms with Crippen molar-refractivity contribution in [2.45, 2.75) is 52.1 Å². The van der Waals surface area contributed by atoms with E-state index in [0.717, 1.165) is 30.5 Å². The highest BCUT2D eigenvalue weighted by Crippen LogP contribution is 2.28. The number of carbonyl (C=O) groups is 1. The molecule has 1 aliphatic rings. The number of aromatic carboxylic acids is 1. The van der Waals surface area contributed by atoms with Crippen molar-refractivity contribution in [3.8, 4) is 0 Å². The van der Waals surface area contributed by atoms with Gasteiger partial charge < -0.3 is 9.67 Å². The van der Waals surface area contributed by atoms with Crippen molar-refractivity contribution >= 4 is 16.9 Å². The fraction of sp³-hybridized carbons (Fsp3) is 0.526. The molecule has 0 bridgehead atoms. The number of likely N-dealkylation sites (tertiary alicyclic amines) is 1. The van der Waals surface area contributed by atoms with Crippen LogP contribution in [-0.4, -0.2) is 33.6 Å². The highest BCUT2D eigenvalue weighted by atomic mass is 16.4. The van der Waals surface area contributed by atoms with E-state index >= 15 is 0 Å². The van der Waals surface area contributed by atoms with Crippen LogP contribution in [0.3, 0.4) is 0 Å². The zero-order valence-electron chi connectivity index (χ0n) is 14.1. The van der Waals surface area contributed by atoms with Gasteiger partial charge in [0, 0.05) is 23.7 Å². The maximum atomic E-state index is 11.6. The number of hydrogen-bond acceptors (Lipinski definition) is 2. The van der Waals surface area contributed by atoms with E-state index in [4.69, 9.17) is 0 Å². The average molecular weight is 314 g/mol. The third kappa shape index (κ3) is 3.27. The summed E-state index contributed by atoms with van der Waals surface area (Å²) in [5.74, 6) is -0.850. The minimum atomic E-state index is -0.850. The lowest BCUT2D eigenvalue weighted by molar-refractivity contribution is 0.0698. The molecule has 2 aromatic rings. The largest absolute Gasteiger partial charge is 0.478 e. The summed E-state index contributed by atoms with van der Waals surface area (Å²) in [5, 5.41) is 10.6. The summed E-state index contributed by atoms with van der Waals surface area (Å²) in [6.45, 7) is 7.46. The molecule has 3 rings (SSSR count). The van der Waals surface area contributed by atoms with Gasteiger partial charge in [0.15, 0.2) is 0 Å². The molecule has 0 saturated carbocycles. The molecule has 124 valence electrons. The number of hydrogen-bond donors (Lipinski definition) is 1. The molecule has 1 fully saturated rings. The number of benzene rings is 1. The Hall–Kier alpha value is -1.81. The van der Waals surface area contributed by atoms with Crippen LogP contribution in [0.4, 0.5) is 0 Å². The SMILES string of the molecule is CC(C)n1c(CN2CCCCCC2)cc2cccc(C(=O)O)c21. The van der Waals surface area contributed by atoms with Crippen LogP contribution in [0.25, 0.3) is 10.9 Å². The highest BCUT2D eigenvalue weighted by Gasteiger charge is 2.19. The fourth-order valence-corrected chi connectivity index (χ4v) is 3.75. The minimum Gasteiger partial charge on any atom is -0.478 e. The first-order chi connectivity index (χ1) is 11.1. The molecule has 1 saturated heterocycles. The fourth-order valence-electron chi connectivity index (χ4n) is 3.75. The maximum Gasteiger partial charge on any atom is 0.337 e. The quantitative estimate of drug-likeness (QED) is 0.915. The van der Waals surface area contributed by atoms with Crippen LogP contribution >= 0.6 is 0 Å². The van der Waals surface area contributed by atoms with E-state index in [1.54, 1.807) is 6.07 Å². The standard InChI is InChI=1S/C19H26N2O2/c1-14(2)21-16(13-20-10-5-3-4-6-11-20)12-15-8-7-9-17(18(15)21)19(22)23/h7-9,12,14H,3-6,10-11,13H2,1-2H3,(H,22,23). The zero-order chi connectivity index (χ0) is 16.4. The second-order valence-corrected chi connectivity index (χ2v) is 6.84. The van der Waals surface area contributed by atoms with Gasteiger partial charge in [0.05, 0.1) is 11.1 Å². The van der Waals surface area contributed by atoms with Crippen LogP contribution in [0.15, 0.2) is 24.3 Å². The molecule has 0 unspecified atom stereocenters. The van der Waals surface area contributed by atoms with Crippen molar-refractivity contribution in [1.29, 1.82) is 0 Å². The molecule has 0 spiro atoms. The van der Waals surface area contributed by atoms with Gasteiger partial charge in [-0.3, -0.25) is 4.90 Å². The number of carboxylic acid groups (broad SMARTS) is 1. The van der Waals surface area contributed by atoms with Crippen LogP contribution < -0.4 is 0 Å². The van der Waals surface area contributed by atoms with Gasteiger partial charge >= 0.3 is 5.97 Å². The van der Waals surface area contributed by atoms with Crippen LogP contribution in [0, 0.1) is 0 Å². The Morgan fingerprint density at radius 1 is 1.17 bits per heavy atom. The molecule has 0 atom stereocenters. The predicted molar refractivity (Wildman–Crippen MR) is 93.0 cm³/mol. The number of nitrogens with zero attached hydrogens (tertiary/aromatic N) is 2. The molecule has 23 heavy (non-hydrogen) atoms. The Morgan fingerprint density at radius 3 is 2.48 bits per heavy atom. The van der Waals surface area contributed by atoms with Crippen LogP contribution in [0.2, 0.25) is 0 Å². The van der Waals surface area contributed by atoms with Gasteiger partial charge in [0.1, 0.15) is 0 Å². The Labute approximate surface area is 137 Å². The first-order valence-corrected chi connectivity index (χ1v) is 8.66. The smallest absolute Gasteiger partial charge is 0.337 e. The van der Waals surface area contributed by atoms with Crippen LogP contribution in [-0.2, 0) is 6.54 Å². The number of rotatable bonds is 4. The van der Waals surface area contributed by atoms with Crippen molar-refractivity contribution in [2.24, 2.45) is 0 Å². The third-order valence-electron chi connectivity index (χ3n) is 4.77. The Bertz CT molecular complexity index is 695. The molecule has 2 heterocycles. The van der Waals surface area contributed by atoms with Crippen molar-refractivity contribution in [2.75, 3.05) is 13.1 Å². The molecule has 0 aliphatic carbocycles. The highest BCUT2D eigenvalue weighted by molar-refractivity contribution is 6.02. The molecule has 0 amide bonds. The molecular formula is C19H26N2O2. The lowest BCUT2D eigenvalue weighted by Crippen LogP contribution is -2.25. The molecule has 1 aliphatic heterocycles. The number of fused-ring (bicyclic) bond motifs is 1. The summed E-state index contributed by atoms with van der Waals surface area (Å²) < 4.78 is 2.21. The Balaban J connectivity index is 2.04. The summed E-state index contributed by atoms with van der Waals surface area (Å²) >= 11 is 0. The maximum absolute atomic E-state index is 11.6. The second kappa shape index (κ2) is 6.75. The van der Waals surface area contributed by atoms with Gasteiger partial charge in [-0.15, -0.1) is 0 Å². The van der Waals surface area contributed by atoms with E-state index in [-0.39, 0.29) is 6.04 Å². The van der Waals surface area contributed by atoms with Crippen LogP contribution in [0.5, 0.6) is 0 Å². The van der Waals surface area contributed by atoms with Gasteiger partial charge in [-0.1, -0.05) is 25.0 Å². The molecule has 4 heteroatoms. The van der Waals surface area contributed by atoms with Gasteiger partial charge in [-0.05, 0) is 51.9 Å². The van der Waals surface area contributed by atoms with E-state index < -0.39 is 5.97 Å². The van der Waals surface area contributed by atoms with E-state index in [1.807, 2.05) is 12.1 Å². The van der Waals surface area contributed by atoms with E-state index in [9.17, 15) is 9.90 Å². The van der Waals surface area contributed by atoms with E-state index in [0.29, 0.717) is 5.56 Å². The van der Waals surface area contributed by atoms with Crippen molar-refractivity contribution in [1.82, 2.24) is 9.47 Å². The van der Waals surface area contributed by atoms with E-state index in [1.165, 1.54) is 31.4 Å². The van der Waals surface area contributed by atoms with Crippen molar-refractivity contribution in [3.63, 3.8) is 0 Å². The topological polar surface area (TPSA) is 45.5 Å². The lowest BCUT2D eigenvalue weighted by atomic mass is 10.1. The molecule has 0 radical (unpaired) electrons. The normalized spacial score (nSPS) is 16.8. The Morgan fingerprint density at radius 2 is 1.87 bits per heavy atom. The summed E-state index contributed by atoms with van der Waals surface area (Å²) in [7, 11) is 0. The van der Waals surface area contributed by atoms with Gasteiger partial charge in [-0.2, -0.15) is 0 Å². The van der Waals surface area contributed by atoms with Crippen molar-refractivity contribution < 1.29 is 9.90 Å². The zero-order valence-corrected chi connectivity index (χ0v) is 14.1. The second-order valence-electron chi connectivity index (χ2n) is 6.84. The molecule has 1 aromatic heterocycles. The molecule has 4 nitrogen and oxygen atoms in total. The first kappa shape index (κ1) is 16.1. The number of para-hydroxylation sites is 1. The third-order valence-corrected chi connectivity index (χ3v) is 4.77. The molecular weight excluding hydrogens is 288 g/mol. The number of aromatic nitrogens is 1. The molecule has 1 aromatic carbocycles. The summed E-state index contributed by atoms with van der Waals surface area (Å²) in [6, 6.07) is 7.99. The summed E-state index contributed by atoms with van der Waals surface area (Å²) in [4.78, 5) is 14.1. The molecule has 1 N–H and O–H groups in total. The Kier molecular flexibility index (Phi) is 4.71. The minimum absolute atomic E-state index is 0.245. The average Bonchev–Trinajstić information content (AvgIpc) is 2.68. The van der Waals surface area contributed by atoms with Gasteiger partial charge in [0.25, 0.3) is 0 Å². The lowest BCUT2D eigenvalue weighted by Gasteiger charge is -2.23. The van der Waals surface area contributed by atoms with E-state index in [2.05, 4.69) is 29.4 Å². The summed E-state index contributed by atoms with van der Waals surface area (Å²) in [6.07, 6.45) is 5.18. The van der Waals surface area contributed by atoms with Gasteiger partial charge in [0.2, 0.25) is 0 Å². The summed E-state index contributed by atoms with van der Waals surface area (Å²) in [5.41, 5.74) is 2.49.